The monoisotopic (exact) mass is 368 g/mol. The average Bonchev–Trinajstić information content (AvgIpc) is 3.16. The minimum Gasteiger partial charge on any atom is -0.373 e. The first-order valence-electron chi connectivity index (χ1n) is 8.35. The summed E-state index contributed by atoms with van der Waals surface area (Å²) in [6.07, 6.45) is 3.83. The number of fused-ring (bicyclic) bond motifs is 1. The molecule has 1 aliphatic rings. The molecular weight excluding hydrogens is 352 g/mol. The Morgan fingerprint density at radius 1 is 1.27 bits per heavy atom. The van der Waals surface area contributed by atoms with E-state index in [1.807, 2.05) is 18.2 Å². The summed E-state index contributed by atoms with van der Waals surface area (Å²) in [4.78, 5) is 16.6. The predicted molar refractivity (Wildman–Crippen MR) is 98.5 cm³/mol. The number of hydrogen-bond acceptors (Lipinski definition) is 4. The minimum absolute atomic E-state index is 0.143. The second kappa shape index (κ2) is 7.27. The molecule has 0 radical (unpaired) electrons. The summed E-state index contributed by atoms with van der Waals surface area (Å²) in [5.74, 6) is -0.143. The molecule has 1 N–H and O–H groups in total. The first-order chi connectivity index (χ1) is 12.7. The van der Waals surface area contributed by atoms with Gasteiger partial charge < -0.3 is 10.1 Å². The Balaban J connectivity index is 1.55. The number of rotatable bonds is 4. The van der Waals surface area contributed by atoms with Crippen molar-refractivity contribution >= 4 is 23.2 Å². The lowest BCUT2D eigenvalue weighted by Gasteiger charge is -2.25. The van der Waals surface area contributed by atoms with Crippen molar-refractivity contribution in [1.29, 1.82) is 0 Å². The maximum Gasteiger partial charge on any atom is 0.227 e. The van der Waals surface area contributed by atoms with Crippen LogP contribution in [0.3, 0.4) is 0 Å². The number of amides is 1. The number of hydrogen-bond donors (Lipinski definition) is 1. The van der Waals surface area contributed by atoms with E-state index >= 15 is 0 Å². The molecule has 0 aliphatic carbocycles. The molecule has 0 saturated heterocycles. The fourth-order valence-electron chi connectivity index (χ4n) is 3.19. The summed E-state index contributed by atoms with van der Waals surface area (Å²) in [5, 5.41) is 7.51. The van der Waals surface area contributed by atoms with Crippen LogP contribution in [0.25, 0.3) is 5.69 Å². The molecule has 7 heteroatoms. The zero-order chi connectivity index (χ0) is 17.9. The third-order valence-electron chi connectivity index (χ3n) is 4.37. The van der Waals surface area contributed by atoms with Crippen molar-refractivity contribution in [2.75, 3.05) is 11.9 Å². The van der Waals surface area contributed by atoms with E-state index in [-0.39, 0.29) is 18.4 Å². The number of nitrogens with one attached hydrogen (secondary N) is 1. The molecule has 26 heavy (non-hydrogen) atoms. The van der Waals surface area contributed by atoms with Crippen LogP contribution in [0.4, 0.5) is 5.69 Å². The number of nitrogens with zero attached hydrogens (tertiary/aromatic N) is 3. The highest BCUT2D eigenvalue weighted by Crippen LogP contribution is 2.31. The molecule has 132 valence electrons. The molecule has 0 spiro atoms. The highest BCUT2D eigenvalue weighted by atomic mass is 35.5. The Morgan fingerprint density at radius 3 is 3.00 bits per heavy atom. The van der Waals surface area contributed by atoms with Crippen LogP contribution in [0.5, 0.6) is 0 Å². The van der Waals surface area contributed by atoms with Crippen LogP contribution in [0, 0.1) is 0 Å². The Kier molecular flexibility index (Phi) is 4.69. The van der Waals surface area contributed by atoms with Crippen molar-refractivity contribution in [3.8, 4) is 5.69 Å². The van der Waals surface area contributed by atoms with Gasteiger partial charge in [0.25, 0.3) is 0 Å². The van der Waals surface area contributed by atoms with Gasteiger partial charge in [-0.25, -0.2) is 9.67 Å². The highest BCUT2D eigenvalue weighted by molar-refractivity contribution is 6.33. The zero-order valence-electron chi connectivity index (χ0n) is 13.9. The molecule has 0 fully saturated rings. The van der Waals surface area contributed by atoms with E-state index in [0.717, 1.165) is 12.0 Å². The van der Waals surface area contributed by atoms with Gasteiger partial charge in [0, 0.05) is 0 Å². The molecule has 1 atom stereocenters. The zero-order valence-corrected chi connectivity index (χ0v) is 14.7. The van der Waals surface area contributed by atoms with Crippen LogP contribution in [0.2, 0.25) is 5.02 Å². The number of carbonyl (C=O) groups excluding carboxylic acids is 1. The normalized spacial score (nSPS) is 16.1. The first kappa shape index (κ1) is 16.8. The second-order valence-corrected chi connectivity index (χ2v) is 6.44. The average molecular weight is 369 g/mol. The van der Waals surface area contributed by atoms with Crippen LogP contribution < -0.4 is 5.32 Å². The SMILES string of the molecule is O=C(C[C@H]1OCCc2ccccc21)Nc1cccc(Cl)c1-n1cncn1. The molecule has 4 rings (SSSR count). The summed E-state index contributed by atoms with van der Waals surface area (Å²) < 4.78 is 7.36. The van der Waals surface area contributed by atoms with Crippen LogP contribution >= 0.6 is 11.6 Å². The molecule has 1 aromatic heterocycles. The quantitative estimate of drug-likeness (QED) is 0.764. The molecule has 2 heterocycles. The van der Waals surface area contributed by atoms with E-state index in [9.17, 15) is 4.79 Å². The molecule has 0 saturated carbocycles. The van der Waals surface area contributed by atoms with E-state index in [0.29, 0.717) is 23.0 Å². The van der Waals surface area contributed by atoms with E-state index < -0.39 is 0 Å². The summed E-state index contributed by atoms with van der Waals surface area (Å²) >= 11 is 6.30. The highest BCUT2D eigenvalue weighted by Gasteiger charge is 2.23. The van der Waals surface area contributed by atoms with Gasteiger partial charge in [-0.3, -0.25) is 4.79 Å². The van der Waals surface area contributed by atoms with Gasteiger partial charge in [-0.1, -0.05) is 41.9 Å². The third kappa shape index (κ3) is 3.34. The lowest BCUT2D eigenvalue weighted by molar-refractivity contribution is -0.119. The van der Waals surface area contributed by atoms with E-state index in [1.54, 1.807) is 18.2 Å². The molecular formula is C19H17ClN4O2. The van der Waals surface area contributed by atoms with Gasteiger partial charge in [0.2, 0.25) is 5.91 Å². The van der Waals surface area contributed by atoms with Gasteiger partial charge >= 0.3 is 0 Å². The van der Waals surface area contributed by atoms with Crippen molar-refractivity contribution in [1.82, 2.24) is 14.8 Å². The number of benzene rings is 2. The van der Waals surface area contributed by atoms with E-state index in [1.165, 1.54) is 22.9 Å². The molecule has 2 aromatic carbocycles. The van der Waals surface area contributed by atoms with Gasteiger partial charge in [-0.2, -0.15) is 5.10 Å². The van der Waals surface area contributed by atoms with Gasteiger partial charge in [0.1, 0.15) is 18.3 Å². The largest absolute Gasteiger partial charge is 0.373 e. The van der Waals surface area contributed by atoms with Gasteiger partial charge in [-0.15, -0.1) is 0 Å². The fourth-order valence-corrected chi connectivity index (χ4v) is 3.45. The maximum absolute atomic E-state index is 12.6. The van der Waals surface area contributed by atoms with Crippen LogP contribution in [-0.2, 0) is 16.0 Å². The summed E-state index contributed by atoms with van der Waals surface area (Å²) in [5.41, 5.74) is 3.49. The van der Waals surface area contributed by atoms with Crippen LogP contribution in [0.15, 0.2) is 55.1 Å². The van der Waals surface area contributed by atoms with Gasteiger partial charge in [0.05, 0.1) is 29.8 Å². The van der Waals surface area contributed by atoms with Crippen molar-refractivity contribution < 1.29 is 9.53 Å². The third-order valence-corrected chi connectivity index (χ3v) is 4.68. The summed E-state index contributed by atoms with van der Waals surface area (Å²) in [6, 6.07) is 13.4. The fraction of sp³-hybridized carbons (Fsp3) is 0.211. The van der Waals surface area contributed by atoms with Crippen LogP contribution in [0.1, 0.15) is 23.7 Å². The molecule has 1 amide bonds. The summed E-state index contributed by atoms with van der Waals surface area (Å²) in [6.45, 7) is 0.621. The molecule has 3 aromatic rings. The Bertz CT molecular complexity index is 927. The second-order valence-electron chi connectivity index (χ2n) is 6.04. The van der Waals surface area contributed by atoms with E-state index in [4.69, 9.17) is 16.3 Å². The van der Waals surface area contributed by atoms with Crippen molar-refractivity contribution in [3.63, 3.8) is 0 Å². The minimum atomic E-state index is -0.242. The van der Waals surface area contributed by atoms with E-state index in [2.05, 4.69) is 21.5 Å². The number of ether oxygens (including phenoxy) is 1. The molecule has 1 aliphatic heterocycles. The Labute approximate surface area is 155 Å². The number of para-hydroxylation sites is 1. The van der Waals surface area contributed by atoms with Gasteiger partial charge in [0.15, 0.2) is 0 Å². The van der Waals surface area contributed by atoms with Crippen LogP contribution in [-0.4, -0.2) is 27.3 Å². The Hall–Kier alpha value is -2.70. The van der Waals surface area contributed by atoms with Crippen molar-refractivity contribution in [3.05, 3.63) is 71.3 Å². The van der Waals surface area contributed by atoms with Gasteiger partial charge in [-0.05, 0) is 29.7 Å². The topological polar surface area (TPSA) is 69.0 Å². The lowest BCUT2D eigenvalue weighted by Crippen LogP contribution is -2.22. The number of halogens is 1. The summed E-state index contributed by atoms with van der Waals surface area (Å²) in [7, 11) is 0. The molecule has 0 unspecified atom stereocenters. The standard InChI is InChI=1S/C19H17ClN4O2/c20-15-6-3-7-16(19(15)24-12-21-11-22-24)23-18(25)10-17-14-5-2-1-4-13(14)8-9-26-17/h1-7,11-12,17H,8-10H2,(H,23,25)/t17-/m1/s1. The molecule has 6 nitrogen and oxygen atoms in total. The Morgan fingerprint density at radius 2 is 2.15 bits per heavy atom. The lowest BCUT2D eigenvalue weighted by atomic mass is 9.95. The number of aromatic nitrogens is 3. The number of anilines is 1. The van der Waals surface area contributed by atoms with Crippen molar-refractivity contribution in [2.45, 2.75) is 18.9 Å². The first-order valence-corrected chi connectivity index (χ1v) is 8.73. The predicted octanol–water partition coefficient (Wildman–Crippen LogP) is 3.56. The number of carbonyl (C=O) groups is 1. The smallest absolute Gasteiger partial charge is 0.227 e. The van der Waals surface area contributed by atoms with Crippen molar-refractivity contribution in [2.24, 2.45) is 0 Å². The maximum atomic E-state index is 12.6. The molecule has 0 bridgehead atoms.